The summed E-state index contributed by atoms with van der Waals surface area (Å²) in [7, 11) is 1.53. The highest BCUT2D eigenvalue weighted by Crippen LogP contribution is 2.13. The average Bonchev–Trinajstić information content (AvgIpc) is 2.17. The Morgan fingerprint density at radius 3 is 2.38 bits per heavy atom. The van der Waals surface area contributed by atoms with Crippen molar-refractivity contribution in [1.29, 1.82) is 5.41 Å². The Hall–Kier alpha value is -1.57. The average molecular weight is 177 g/mol. The van der Waals surface area contributed by atoms with E-state index >= 15 is 0 Å². The second-order valence-electron chi connectivity index (χ2n) is 2.34. The zero-order chi connectivity index (χ0) is 10.3. The summed E-state index contributed by atoms with van der Waals surface area (Å²) in [6, 6.07) is 0. The van der Waals surface area contributed by atoms with Gasteiger partial charge in [0.1, 0.15) is 5.76 Å². The molecule has 0 saturated heterocycles. The quantitative estimate of drug-likeness (QED) is 0.391. The summed E-state index contributed by atoms with van der Waals surface area (Å²) in [5, 5.41) is 7.20. The maximum absolute atomic E-state index is 7.20. The Morgan fingerprint density at radius 2 is 2.08 bits per heavy atom. The molecule has 0 amide bonds. The molecule has 0 aliphatic heterocycles. The number of ether oxygens (including phenoxy) is 1. The maximum Gasteiger partial charge on any atom is 0.121 e. The van der Waals surface area contributed by atoms with Gasteiger partial charge < -0.3 is 10.1 Å². The summed E-state index contributed by atoms with van der Waals surface area (Å²) < 4.78 is 4.95. The number of rotatable bonds is 5. The SMILES string of the molecule is C=CC(/C=C\C)=C(\C=N)C(=C)OC. The third-order valence-electron chi connectivity index (χ3n) is 1.57. The molecule has 0 bridgehead atoms. The molecule has 1 N–H and O–H groups in total. The molecule has 0 aliphatic carbocycles. The van der Waals surface area contributed by atoms with E-state index in [1.807, 2.05) is 19.1 Å². The summed E-state index contributed by atoms with van der Waals surface area (Å²) in [4.78, 5) is 0. The van der Waals surface area contributed by atoms with E-state index in [9.17, 15) is 0 Å². The van der Waals surface area contributed by atoms with Crippen LogP contribution in [0.3, 0.4) is 0 Å². The normalized spacial score (nSPS) is 12.2. The van der Waals surface area contributed by atoms with Gasteiger partial charge in [0, 0.05) is 11.8 Å². The molecule has 0 aromatic rings. The molecule has 2 nitrogen and oxygen atoms in total. The summed E-state index contributed by atoms with van der Waals surface area (Å²) in [6.07, 6.45) is 6.62. The van der Waals surface area contributed by atoms with E-state index in [1.165, 1.54) is 13.3 Å². The van der Waals surface area contributed by atoms with Gasteiger partial charge in [-0.15, -0.1) is 0 Å². The molecular weight excluding hydrogens is 162 g/mol. The third-order valence-corrected chi connectivity index (χ3v) is 1.57. The van der Waals surface area contributed by atoms with Crippen molar-refractivity contribution in [1.82, 2.24) is 0 Å². The van der Waals surface area contributed by atoms with Crippen molar-refractivity contribution in [2.75, 3.05) is 7.11 Å². The van der Waals surface area contributed by atoms with Crippen LogP contribution >= 0.6 is 0 Å². The van der Waals surface area contributed by atoms with Gasteiger partial charge in [0.2, 0.25) is 0 Å². The van der Waals surface area contributed by atoms with Crippen molar-refractivity contribution >= 4 is 6.21 Å². The molecule has 13 heavy (non-hydrogen) atoms. The van der Waals surface area contributed by atoms with E-state index < -0.39 is 0 Å². The zero-order valence-corrected chi connectivity index (χ0v) is 8.13. The van der Waals surface area contributed by atoms with E-state index in [1.54, 1.807) is 6.08 Å². The molecule has 0 heterocycles. The lowest BCUT2D eigenvalue weighted by molar-refractivity contribution is 0.306. The van der Waals surface area contributed by atoms with Gasteiger partial charge in [0.05, 0.1) is 7.11 Å². The first kappa shape index (κ1) is 11.4. The van der Waals surface area contributed by atoms with Crippen molar-refractivity contribution in [2.24, 2.45) is 0 Å². The van der Waals surface area contributed by atoms with Crippen LogP contribution in [0.4, 0.5) is 0 Å². The van der Waals surface area contributed by atoms with E-state index in [0.29, 0.717) is 11.3 Å². The topological polar surface area (TPSA) is 33.1 Å². The first-order valence-electron chi connectivity index (χ1n) is 3.94. The van der Waals surface area contributed by atoms with Crippen LogP contribution in [-0.2, 0) is 4.74 Å². The highest BCUT2D eigenvalue weighted by Gasteiger charge is 2.02. The molecule has 0 fully saturated rings. The largest absolute Gasteiger partial charge is 0.497 e. The summed E-state index contributed by atoms with van der Waals surface area (Å²) in [5.74, 6) is 0.475. The molecule has 0 atom stereocenters. The van der Waals surface area contributed by atoms with Crippen molar-refractivity contribution in [3.8, 4) is 0 Å². The number of nitrogens with one attached hydrogen (secondary N) is 1. The van der Waals surface area contributed by atoms with E-state index in [2.05, 4.69) is 13.2 Å². The highest BCUT2D eigenvalue weighted by atomic mass is 16.5. The van der Waals surface area contributed by atoms with Gasteiger partial charge in [-0.2, -0.15) is 0 Å². The number of hydrogen-bond acceptors (Lipinski definition) is 2. The Morgan fingerprint density at radius 1 is 1.46 bits per heavy atom. The van der Waals surface area contributed by atoms with Gasteiger partial charge in [0.25, 0.3) is 0 Å². The molecule has 0 unspecified atom stereocenters. The van der Waals surface area contributed by atoms with Gasteiger partial charge in [-0.3, -0.25) is 0 Å². The molecule has 0 aliphatic rings. The van der Waals surface area contributed by atoms with Crippen LogP contribution in [0.1, 0.15) is 6.92 Å². The molecule has 2 heteroatoms. The second kappa shape index (κ2) is 6.00. The van der Waals surface area contributed by atoms with Gasteiger partial charge >= 0.3 is 0 Å². The fourth-order valence-corrected chi connectivity index (χ4v) is 0.882. The van der Waals surface area contributed by atoms with Crippen LogP contribution in [0.2, 0.25) is 0 Å². The summed E-state index contributed by atoms with van der Waals surface area (Å²) in [5.41, 5.74) is 1.49. The Balaban J connectivity index is 5.16. The molecule has 0 spiro atoms. The lowest BCUT2D eigenvalue weighted by Gasteiger charge is -2.06. The van der Waals surface area contributed by atoms with Gasteiger partial charge in [-0.05, 0) is 12.5 Å². The fourth-order valence-electron chi connectivity index (χ4n) is 0.882. The molecule has 0 aromatic carbocycles. The smallest absolute Gasteiger partial charge is 0.121 e. The number of hydrogen-bond donors (Lipinski definition) is 1. The van der Waals surface area contributed by atoms with Crippen LogP contribution in [0, 0.1) is 5.41 Å². The molecule has 0 radical (unpaired) electrons. The van der Waals surface area contributed by atoms with Crippen LogP contribution in [0.25, 0.3) is 0 Å². The third kappa shape index (κ3) is 3.11. The second-order valence-corrected chi connectivity index (χ2v) is 2.34. The minimum atomic E-state index is 0.475. The molecular formula is C11H15NO. The first-order chi connectivity index (χ1) is 6.21. The van der Waals surface area contributed by atoms with E-state index in [0.717, 1.165) is 5.57 Å². The van der Waals surface area contributed by atoms with E-state index in [4.69, 9.17) is 10.1 Å². The standard InChI is InChI=1S/C11H15NO/c1-5-7-10(6-2)11(8-12)9(3)13-4/h5-8,12H,2-3H2,1,4H3/b7-5-,11-10-,12-8?. The van der Waals surface area contributed by atoms with Crippen LogP contribution in [0.15, 0.2) is 48.3 Å². The predicted octanol–water partition coefficient (Wildman–Crippen LogP) is 2.85. The van der Waals surface area contributed by atoms with Crippen LogP contribution < -0.4 is 0 Å². The monoisotopic (exact) mass is 177 g/mol. The summed E-state index contributed by atoms with van der Waals surface area (Å²) >= 11 is 0. The molecule has 70 valence electrons. The van der Waals surface area contributed by atoms with Gasteiger partial charge in [0.15, 0.2) is 0 Å². The Kier molecular flexibility index (Phi) is 5.28. The van der Waals surface area contributed by atoms with Gasteiger partial charge in [-0.1, -0.05) is 31.4 Å². The van der Waals surface area contributed by atoms with Gasteiger partial charge in [-0.25, -0.2) is 0 Å². The van der Waals surface area contributed by atoms with Crippen molar-refractivity contribution in [3.63, 3.8) is 0 Å². The summed E-state index contributed by atoms with van der Waals surface area (Å²) in [6.45, 7) is 9.24. The van der Waals surface area contributed by atoms with Crippen molar-refractivity contribution in [3.05, 3.63) is 48.3 Å². The predicted molar refractivity (Wildman–Crippen MR) is 57.0 cm³/mol. The minimum Gasteiger partial charge on any atom is -0.497 e. The molecule has 0 saturated carbocycles. The van der Waals surface area contributed by atoms with Crippen LogP contribution in [-0.4, -0.2) is 13.3 Å². The maximum atomic E-state index is 7.20. The number of methoxy groups -OCH3 is 1. The zero-order valence-electron chi connectivity index (χ0n) is 8.13. The van der Waals surface area contributed by atoms with Crippen molar-refractivity contribution < 1.29 is 4.74 Å². The Bertz CT molecular complexity index is 272. The van der Waals surface area contributed by atoms with Crippen LogP contribution in [0.5, 0.6) is 0 Å². The van der Waals surface area contributed by atoms with Crippen molar-refractivity contribution in [2.45, 2.75) is 6.92 Å². The number of allylic oxidation sites excluding steroid dienone is 5. The first-order valence-corrected chi connectivity index (χ1v) is 3.94. The Labute approximate surface area is 79.4 Å². The fraction of sp³-hybridized carbons (Fsp3) is 0.182. The highest BCUT2D eigenvalue weighted by molar-refractivity contribution is 5.84. The molecule has 0 aromatic heterocycles. The molecule has 0 rings (SSSR count). The van der Waals surface area contributed by atoms with E-state index in [-0.39, 0.29) is 0 Å². The lowest BCUT2D eigenvalue weighted by Crippen LogP contribution is -1.95. The lowest BCUT2D eigenvalue weighted by atomic mass is 10.1. The minimum absolute atomic E-state index is 0.475.